The number of hydrogen-bond acceptors (Lipinski definition) is 3. The zero-order chi connectivity index (χ0) is 11.2. The molecule has 1 amide bonds. The van der Waals surface area contributed by atoms with E-state index in [4.69, 9.17) is 0 Å². The number of carbonyl (C=O) groups excluding carboxylic acids is 1. The van der Waals surface area contributed by atoms with Crippen molar-refractivity contribution in [2.45, 2.75) is 26.3 Å². The first-order valence-corrected chi connectivity index (χ1v) is 5.13. The molecule has 2 heterocycles. The van der Waals surface area contributed by atoms with E-state index in [0.717, 1.165) is 23.6 Å². The van der Waals surface area contributed by atoms with Gasteiger partial charge in [0.1, 0.15) is 11.7 Å². The summed E-state index contributed by atoms with van der Waals surface area (Å²) in [5.74, 6) is 1.04. The van der Waals surface area contributed by atoms with E-state index in [2.05, 4.69) is 10.4 Å². The van der Waals surface area contributed by atoms with Crippen molar-refractivity contribution < 1.29 is 4.79 Å². The van der Waals surface area contributed by atoms with Crippen LogP contribution in [0.2, 0.25) is 0 Å². The topological polar surface area (TPSA) is 50.2 Å². The van der Waals surface area contributed by atoms with Crippen LogP contribution in [-0.4, -0.2) is 28.8 Å². The van der Waals surface area contributed by atoms with Gasteiger partial charge < -0.3 is 10.2 Å². The van der Waals surface area contributed by atoms with Crippen LogP contribution in [0.5, 0.6) is 0 Å². The second kappa shape index (κ2) is 3.25. The Labute approximate surface area is 89.1 Å². The molecule has 5 heteroatoms. The van der Waals surface area contributed by atoms with E-state index in [1.165, 1.54) is 0 Å². The van der Waals surface area contributed by atoms with Crippen LogP contribution in [0.1, 0.15) is 19.0 Å². The molecule has 1 aliphatic rings. The van der Waals surface area contributed by atoms with Crippen molar-refractivity contribution in [1.82, 2.24) is 9.78 Å². The third kappa shape index (κ3) is 1.30. The molecule has 5 nitrogen and oxygen atoms in total. The van der Waals surface area contributed by atoms with E-state index in [9.17, 15) is 4.79 Å². The van der Waals surface area contributed by atoms with Gasteiger partial charge in [-0.25, -0.2) is 0 Å². The number of likely N-dealkylation sites (N-methyl/N-ethyl adjacent to an activating group) is 1. The number of rotatable bonds is 1. The third-order valence-electron chi connectivity index (χ3n) is 2.93. The average Bonchev–Trinajstić information content (AvgIpc) is 2.42. The molecule has 2 rings (SSSR count). The fourth-order valence-corrected chi connectivity index (χ4v) is 2.19. The molecule has 1 atom stereocenters. The number of nitrogens with one attached hydrogen (secondary N) is 1. The summed E-state index contributed by atoms with van der Waals surface area (Å²) >= 11 is 0. The lowest BCUT2D eigenvalue weighted by molar-refractivity contribution is -0.117. The minimum Gasteiger partial charge on any atom is -0.346 e. The lowest BCUT2D eigenvalue weighted by Gasteiger charge is -2.33. The summed E-state index contributed by atoms with van der Waals surface area (Å²) in [5, 5.41) is 7.22. The Bertz CT molecular complexity index is 410. The fourth-order valence-electron chi connectivity index (χ4n) is 2.19. The SMILES string of the molecule is CCC1C(=O)Nc2c(C)nn(C)c2N1C. The van der Waals surface area contributed by atoms with Crippen molar-refractivity contribution in [3.8, 4) is 0 Å². The van der Waals surface area contributed by atoms with Gasteiger partial charge >= 0.3 is 0 Å². The average molecular weight is 208 g/mol. The summed E-state index contributed by atoms with van der Waals surface area (Å²) in [6, 6.07) is -0.0905. The van der Waals surface area contributed by atoms with Gasteiger partial charge in [-0.05, 0) is 13.3 Å². The molecule has 0 aliphatic carbocycles. The van der Waals surface area contributed by atoms with Crippen LogP contribution < -0.4 is 10.2 Å². The van der Waals surface area contributed by atoms with Crippen LogP contribution in [0.4, 0.5) is 11.5 Å². The number of anilines is 2. The van der Waals surface area contributed by atoms with Crippen molar-refractivity contribution >= 4 is 17.4 Å². The standard InChI is InChI=1S/C10H16N4O/c1-5-7-9(15)11-8-6(2)12-14(4)10(8)13(7)3/h7H,5H2,1-4H3,(H,11,15). The molecule has 0 aromatic carbocycles. The number of fused-ring (bicyclic) bond motifs is 1. The minimum atomic E-state index is -0.0905. The Hall–Kier alpha value is -1.52. The number of aryl methyl sites for hydroxylation is 2. The summed E-state index contributed by atoms with van der Waals surface area (Å²) < 4.78 is 1.81. The van der Waals surface area contributed by atoms with Gasteiger partial charge in [0.15, 0.2) is 5.82 Å². The third-order valence-corrected chi connectivity index (χ3v) is 2.93. The van der Waals surface area contributed by atoms with Crippen LogP contribution in [0.25, 0.3) is 0 Å². The fraction of sp³-hybridized carbons (Fsp3) is 0.600. The normalized spacial score (nSPS) is 20.1. The highest BCUT2D eigenvalue weighted by molar-refractivity contribution is 6.03. The smallest absolute Gasteiger partial charge is 0.247 e. The maximum absolute atomic E-state index is 11.8. The number of hydrogen-bond donors (Lipinski definition) is 1. The van der Waals surface area contributed by atoms with E-state index in [-0.39, 0.29) is 11.9 Å². The number of aromatic nitrogens is 2. The van der Waals surface area contributed by atoms with E-state index in [1.54, 1.807) is 0 Å². The predicted molar refractivity (Wildman–Crippen MR) is 59.1 cm³/mol. The molecule has 0 fully saturated rings. The molecule has 1 aliphatic heterocycles. The maximum Gasteiger partial charge on any atom is 0.247 e. The summed E-state index contributed by atoms with van der Waals surface area (Å²) in [7, 11) is 3.83. The molecule has 15 heavy (non-hydrogen) atoms. The van der Waals surface area contributed by atoms with Crippen LogP contribution in [0, 0.1) is 6.92 Å². The number of carbonyl (C=O) groups is 1. The van der Waals surface area contributed by atoms with Gasteiger partial charge in [0.05, 0.1) is 5.69 Å². The molecule has 0 radical (unpaired) electrons. The Morgan fingerprint density at radius 2 is 2.13 bits per heavy atom. The lowest BCUT2D eigenvalue weighted by atomic mass is 10.1. The molecule has 82 valence electrons. The second-order valence-corrected chi connectivity index (χ2v) is 3.93. The summed E-state index contributed by atoms with van der Waals surface area (Å²) in [6.45, 7) is 3.91. The molecule has 0 saturated heterocycles. The largest absolute Gasteiger partial charge is 0.346 e. The summed E-state index contributed by atoms with van der Waals surface area (Å²) in [5.41, 5.74) is 1.71. The van der Waals surface area contributed by atoms with E-state index in [0.29, 0.717) is 0 Å². The zero-order valence-corrected chi connectivity index (χ0v) is 9.53. The monoisotopic (exact) mass is 208 g/mol. The van der Waals surface area contributed by atoms with Gasteiger partial charge in [-0.2, -0.15) is 5.10 Å². The van der Waals surface area contributed by atoms with Gasteiger partial charge in [-0.3, -0.25) is 9.48 Å². The molecule has 1 unspecified atom stereocenters. The van der Waals surface area contributed by atoms with E-state index in [1.807, 2.05) is 37.5 Å². The molecule has 1 aromatic heterocycles. The highest BCUT2D eigenvalue weighted by Crippen LogP contribution is 2.33. The van der Waals surface area contributed by atoms with E-state index < -0.39 is 0 Å². The van der Waals surface area contributed by atoms with Crippen molar-refractivity contribution in [2.75, 3.05) is 17.3 Å². The Balaban J connectivity index is 2.52. The van der Waals surface area contributed by atoms with Crippen molar-refractivity contribution in [3.63, 3.8) is 0 Å². The first kappa shape index (κ1) is 10.0. The minimum absolute atomic E-state index is 0.0589. The highest BCUT2D eigenvalue weighted by Gasteiger charge is 2.32. The van der Waals surface area contributed by atoms with Gasteiger partial charge in [0.25, 0.3) is 0 Å². The Morgan fingerprint density at radius 3 is 2.73 bits per heavy atom. The summed E-state index contributed by atoms with van der Waals surface area (Å²) in [4.78, 5) is 13.8. The first-order chi connectivity index (χ1) is 7.06. The van der Waals surface area contributed by atoms with E-state index >= 15 is 0 Å². The number of amides is 1. The van der Waals surface area contributed by atoms with Crippen molar-refractivity contribution in [2.24, 2.45) is 7.05 Å². The van der Waals surface area contributed by atoms with Gasteiger partial charge in [-0.1, -0.05) is 6.92 Å². The molecule has 0 saturated carbocycles. The van der Waals surface area contributed by atoms with Crippen LogP contribution in [0.15, 0.2) is 0 Å². The predicted octanol–water partition coefficient (Wildman–Crippen LogP) is 0.895. The second-order valence-electron chi connectivity index (χ2n) is 3.93. The number of nitrogens with zero attached hydrogens (tertiary/aromatic N) is 3. The first-order valence-electron chi connectivity index (χ1n) is 5.13. The summed E-state index contributed by atoms with van der Waals surface area (Å²) in [6.07, 6.45) is 0.798. The van der Waals surface area contributed by atoms with Gasteiger partial charge in [-0.15, -0.1) is 0 Å². The van der Waals surface area contributed by atoms with Crippen LogP contribution >= 0.6 is 0 Å². The molecule has 0 spiro atoms. The Morgan fingerprint density at radius 1 is 1.47 bits per heavy atom. The lowest BCUT2D eigenvalue weighted by Crippen LogP contribution is -2.46. The van der Waals surface area contributed by atoms with Gasteiger partial charge in [0.2, 0.25) is 5.91 Å². The van der Waals surface area contributed by atoms with Crippen LogP contribution in [-0.2, 0) is 11.8 Å². The zero-order valence-electron chi connectivity index (χ0n) is 9.53. The molecule has 1 aromatic rings. The van der Waals surface area contributed by atoms with Crippen molar-refractivity contribution in [1.29, 1.82) is 0 Å². The quantitative estimate of drug-likeness (QED) is 0.746. The van der Waals surface area contributed by atoms with Crippen molar-refractivity contribution in [3.05, 3.63) is 5.69 Å². The molecule has 1 N–H and O–H groups in total. The highest BCUT2D eigenvalue weighted by atomic mass is 16.2. The Kier molecular flexibility index (Phi) is 2.17. The molecule has 0 bridgehead atoms. The van der Waals surface area contributed by atoms with Gasteiger partial charge in [0, 0.05) is 14.1 Å². The molecular weight excluding hydrogens is 192 g/mol. The molecular formula is C10H16N4O. The maximum atomic E-state index is 11.8. The van der Waals surface area contributed by atoms with Crippen LogP contribution in [0.3, 0.4) is 0 Å².